The summed E-state index contributed by atoms with van der Waals surface area (Å²) in [7, 11) is 0. The van der Waals surface area contributed by atoms with Crippen molar-refractivity contribution in [1.82, 2.24) is 9.88 Å². The van der Waals surface area contributed by atoms with E-state index in [9.17, 15) is 9.59 Å². The summed E-state index contributed by atoms with van der Waals surface area (Å²) in [5.41, 5.74) is 1.54. The van der Waals surface area contributed by atoms with Crippen LogP contribution >= 0.6 is 11.3 Å². The second kappa shape index (κ2) is 7.72. The highest BCUT2D eigenvalue weighted by Gasteiger charge is 2.28. The molecule has 0 aliphatic heterocycles. The Balaban J connectivity index is 1.50. The number of fused-ring (bicyclic) bond motifs is 1. The molecular formula is C22H23N3O2S. The maximum atomic E-state index is 13.1. The molecule has 2 amide bonds. The van der Waals surface area contributed by atoms with Gasteiger partial charge in [0.05, 0.1) is 5.69 Å². The molecule has 1 saturated carbocycles. The molecule has 1 aliphatic carbocycles. The molecule has 0 spiro atoms. The zero-order chi connectivity index (χ0) is 19.7. The average molecular weight is 394 g/mol. The van der Waals surface area contributed by atoms with Gasteiger partial charge in [-0.3, -0.25) is 9.59 Å². The minimum atomic E-state index is -0.205. The second-order valence-electron chi connectivity index (χ2n) is 7.40. The monoisotopic (exact) mass is 393 g/mol. The molecule has 4 rings (SSSR count). The minimum absolute atomic E-state index is 0.0415. The van der Waals surface area contributed by atoms with E-state index in [2.05, 4.69) is 10.3 Å². The quantitative estimate of drug-likeness (QED) is 0.675. The van der Waals surface area contributed by atoms with Gasteiger partial charge in [-0.2, -0.15) is 0 Å². The van der Waals surface area contributed by atoms with Gasteiger partial charge in [0.25, 0.3) is 5.91 Å². The molecule has 0 atom stereocenters. The van der Waals surface area contributed by atoms with Crippen LogP contribution in [0, 0.1) is 19.8 Å². The van der Waals surface area contributed by atoms with E-state index in [0.29, 0.717) is 23.2 Å². The lowest BCUT2D eigenvalue weighted by atomic mass is 10.1. The molecule has 0 radical (unpaired) electrons. The van der Waals surface area contributed by atoms with E-state index in [0.717, 1.165) is 34.2 Å². The molecule has 0 bridgehead atoms. The number of aromatic nitrogens is 1. The first-order valence-corrected chi connectivity index (χ1v) is 10.3. The highest BCUT2D eigenvalue weighted by Crippen LogP contribution is 2.30. The predicted molar refractivity (Wildman–Crippen MR) is 113 cm³/mol. The van der Waals surface area contributed by atoms with Crippen LogP contribution in [0.25, 0.3) is 10.8 Å². The van der Waals surface area contributed by atoms with Crippen molar-refractivity contribution in [2.75, 3.05) is 18.4 Å². The van der Waals surface area contributed by atoms with Gasteiger partial charge in [0.1, 0.15) is 6.54 Å². The number of thiazole rings is 1. The first-order chi connectivity index (χ1) is 13.5. The summed E-state index contributed by atoms with van der Waals surface area (Å²) in [6, 6.07) is 13.7. The summed E-state index contributed by atoms with van der Waals surface area (Å²) in [5, 5.41) is 5.55. The van der Waals surface area contributed by atoms with Crippen molar-refractivity contribution in [2.45, 2.75) is 26.7 Å². The molecule has 5 nitrogen and oxygen atoms in total. The summed E-state index contributed by atoms with van der Waals surface area (Å²) in [5.74, 6) is 0.199. The van der Waals surface area contributed by atoms with E-state index in [1.54, 1.807) is 4.90 Å². The van der Waals surface area contributed by atoms with Gasteiger partial charge in [-0.1, -0.05) is 30.3 Å². The van der Waals surface area contributed by atoms with Gasteiger partial charge in [0.2, 0.25) is 5.91 Å². The van der Waals surface area contributed by atoms with E-state index >= 15 is 0 Å². The Bertz CT molecular complexity index is 1020. The smallest absolute Gasteiger partial charge is 0.254 e. The normalized spacial score (nSPS) is 13.5. The molecule has 0 saturated heterocycles. The Kier molecular flexibility index (Phi) is 5.13. The van der Waals surface area contributed by atoms with E-state index < -0.39 is 0 Å². The summed E-state index contributed by atoms with van der Waals surface area (Å²) >= 11 is 1.46. The van der Waals surface area contributed by atoms with Crippen molar-refractivity contribution in [1.29, 1.82) is 0 Å². The van der Waals surface area contributed by atoms with E-state index in [4.69, 9.17) is 0 Å². The topological polar surface area (TPSA) is 62.3 Å². The van der Waals surface area contributed by atoms with Crippen molar-refractivity contribution >= 4 is 39.1 Å². The molecule has 6 heteroatoms. The van der Waals surface area contributed by atoms with Crippen LogP contribution in [-0.4, -0.2) is 34.8 Å². The number of hydrogen-bond donors (Lipinski definition) is 1. The van der Waals surface area contributed by atoms with Crippen molar-refractivity contribution in [3.63, 3.8) is 0 Å². The molecule has 1 aromatic heterocycles. The zero-order valence-electron chi connectivity index (χ0n) is 16.1. The fourth-order valence-electron chi connectivity index (χ4n) is 3.19. The lowest BCUT2D eigenvalue weighted by Crippen LogP contribution is -2.39. The molecule has 1 N–H and O–H groups in total. The third kappa shape index (κ3) is 4.22. The van der Waals surface area contributed by atoms with Crippen LogP contribution in [0.4, 0.5) is 5.13 Å². The lowest BCUT2D eigenvalue weighted by molar-refractivity contribution is -0.116. The van der Waals surface area contributed by atoms with Crippen molar-refractivity contribution in [3.05, 3.63) is 58.6 Å². The number of aryl methyl sites for hydroxylation is 2. The standard InChI is InChI=1S/C22H23N3O2S/c1-14-15(2)28-22(23-14)24-20(26)13-25(12-16-7-8-16)21(27)19-10-9-17-5-3-4-6-18(17)11-19/h3-6,9-11,16H,7-8,12-13H2,1-2H3,(H,23,24,26). The van der Waals surface area contributed by atoms with Crippen LogP contribution in [0.2, 0.25) is 0 Å². The number of rotatable bonds is 6. The predicted octanol–water partition coefficient (Wildman–Crippen LogP) is 4.40. The number of anilines is 1. The Labute approximate surface area is 168 Å². The van der Waals surface area contributed by atoms with Crippen LogP contribution < -0.4 is 5.32 Å². The molecule has 1 heterocycles. The summed E-state index contributed by atoms with van der Waals surface area (Å²) < 4.78 is 0. The number of amides is 2. The van der Waals surface area contributed by atoms with E-state index in [1.165, 1.54) is 11.3 Å². The van der Waals surface area contributed by atoms with Crippen molar-refractivity contribution < 1.29 is 9.59 Å². The van der Waals surface area contributed by atoms with Gasteiger partial charge in [0, 0.05) is 17.0 Å². The number of hydrogen-bond acceptors (Lipinski definition) is 4. The molecular weight excluding hydrogens is 370 g/mol. The molecule has 2 aromatic carbocycles. The molecule has 1 aliphatic rings. The molecule has 28 heavy (non-hydrogen) atoms. The fraction of sp³-hybridized carbons (Fsp3) is 0.318. The molecule has 3 aromatic rings. The molecule has 0 unspecified atom stereocenters. The van der Waals surface area contributed by atoms with Gasteiger partial charge in [-0.15, -0.1) is 11.3 Å². The highest BCUT2D eigenvalue weighted by molar-refractivity contribution is 7.15. The first kappa shape index (κ1) is 18.6. The van der Waals surface area contributed by atoms with Crippen LogP contribution in [0.1, 0.15) is 33.8 Å². The lowest BCUT2D eigenvalue weighted by Gasteiger charge is -2.22. The Morgan fingerprint density at radius 1 is 1.14 bits per heavy atom. The fourth-order valence-corrected chi connectivity index (χ4v) is 4.03. The third-order valence-electron chi connectivity index (χ3n) is 5.07. The van der Waals surface area contributed by atoms with Gasteiger partial charge in [-0.25, -0.2) is 4.98 Å². The number of nitrogens with zero attached hydrogens (tertiary/aromatic N) is 2. The largest absolute Gasteiger partial charge is 0.329 e. The summed E-state index contributed by atoms with van der Waals surface area (Å²) in [6.45, 7) is 4.56. The first-order valence-electron chi connectivity index (χ1n) is 9.51. The maximum Gasteiger partial charge on any atom is 0.254 e. The number of nitrogens with one attached hydrogen (secondary N) is 1. The van der Waals surface area contributed by atoms with Crippen LogP contribution in [0.3, 0.4) is 0 Å². The second-order valence-corrected chi connectivity index (χ2v) is 8.60. The zero-order valence-corrected chi connectivity index (χ0v) is 16.9. The van der Waals surface area contributed by atoms with Crippen LogP contribution in [-0.2, 0) is 4.79 Å². The number of carbonyl (C=O) groups is 2. The Morgan fingerprint density at radius 2 is 1.89 bits per heavy atom. The number of carbonyl (C=O) groups excluding carboxylic acids is 2. The minimum Gasteiger partial charge on any atom is -0.329 e. The number of benzene rings is 2. The van der Waals surface area contributed by atoms with Crippen molar-refractivity contribution in [3.8, 4) is 0 Å². The Hall–Kier alpha value is -2.73. The molecule has 1 fully saturated rings. The average Bonchev–Trinajstić information content (AvgIpc) is 3.44. The van der Waals surface area contributed by atoms with E-state index in [-0.39, 0.29) is 18.4 Å². The summed E-state index contributed by atoms with van der Waals surface area (Å²) in [6.07, 6.45) is 2.24. The van der Waals surface area contributed by atoms with E-state index in [1.807, 2.05) is 56.3 Å². The summed E-state index contributed by atoms with van der Waals surface area (Å²) in [4.78, 5) is 32.8. The van der Waals surface area contributed by atoms with Gasteiger partial charge in [0.15, 0.2) is 5.13 Å². The van der Waals surface area contributed by atoms with Crippen molar-refractivity contribution in [2.24, 2.45) is 5.92 Å². The Morgan fingerprint density at radius 3 is 2.57 bits per heavy atom. The third-order valence-corrected chi connectivity index (χ3v) is 6.06. The molecule has 144 valence electrons. The van der Waals surface area contributed by atoms with Crippen LogP contribution in [0.15, 0.2) is 42.5 Å². The highest BCUT2D eigenvalue weighted by atomic mass is 32.1. The SMILES string of the molecule is Cc1nc(NC(=O)CN(CC2CC2)C(=O)c2ccc3ccccc3c2)sc1C. The van der Waals surface area contributed by atoms with Gasteiger partial charge in [-0.05, 0) is 55.5 Å². The maximum absolute atomic E-state index is 13.1. The van der Waals surface area contributed by atoms with Crippen LogP contribution in [0.5, 0.6) is 0 Å². The van der Waals surface area contributed by atoms with Gasteiger partial charge < -0.3 is 10.2 Å². The van der Waals surface area contributed by atoms with Gasteiger partial charge >= 0.3 is 0 Å².